The van der Waals surface area contributed by atoms with Gasteiger partial charge in [-0.2, -0.15) is 0 Å². The zero-order valence-corrected chi connectivity index (χ0v) is 11.6. The van der Waals surface area contributed by atoms with Gasteiger partial charge in [-0.05, 0) is 31.7 Å². The molecule has 4 atom stereocenters. The summed E-state index contributed by atoms with van der Waals surface area (Å²) >= 11 is 0. The maximum absolute atomic E-state index is 5.96. The van der Waals surface area contributed by atoms with Crippen LogP contribution in [0.15, 0.2) is 0 Å². The molecule has 0 aromatic heterocycles. The maximum atomic E-state index is 5.96. The van der Waals surface area contributed by atoms with E-state index in [1.807, 2.05) is 0 Å². The molecule has 0 aliphatic heterocycles. The summed E-state index contributed by atoms with van der Waals surface area (Å²) in [6.07, 6.45) is 6.81. The minimum atomic E-state index is 0.565. The Morgan fingerprint density at radius 3 is 2.44 bits per heavy atom. The first kappa shape index (κ1) is 14.0. The maximum Gasteiger partial charge on any atom is 0.0243 e. The number of hydrogen-bond donors (Lipinski definition) is 1. The summed E-state index contributed by atoms with van der Waals surface area (Å²) in [5, 5.41) is 0. The van der Waals surface area contributed by atoms with E-state index in [-0.39, 0.29) is 0 Å². The molecule has 0 heterocycles. The molecule has 2 nitrogen and oxygen atoms in total. The molecule has 0 amide bonds. The van der Waals surface area contributed by atoms with Crippen LogP contribution in [0.5, 0.6) is 0 Å². The van der Waals surface area contributed by atoms with Crippen molar-refractivity contribution in [2.45, 2.75) is 65.0 Å². The van der Waals surface area contributed by atoms with Gasteiger partial charge in [0.2, 0.25) is 0 Å². The van der Waals surface area contributed by atoms with Crippen molar-refractivity contribution in [1.29, 1.82) is 0 Å². The molecule has 96 valence electrons. The lowest BCUT2D eigenvalue weighted by Gasteiger charge is -2.42. The number of nitrogens with two attached hydrogens (primary N) is 1. The van der Waals surface area contributed by atoms with E-state index in [4.69, 9.17) is 5.73 Å². The van der Waals surface area contributed by atoms with Gasteiger partial charge >= 0.3 is 0 Å². The second-order valence-electron chi connectivity index (χ2n) is 5.68. The molecule has 1 saturated carbocycles. The Morgan fingerprint density at radius 1 is 1.31 bits per heavy atom. The van der Waals surface area contributed by atoms with E-state index in [9.17, 15) is 0 Å². The van der Waals surface area contributed by atoms with Crippen molar-refractivity contribution < 1.29 is 0 Å². The van der Waals surface area contributed by atoms with Crippen LogP contribution in [0.25, 0.3) is 0 Å². The van der Waals surface area contributed by atoms with Crippen LogP contribution >= 0.6 is 0 Å². The third kappa shape index (κ3) is 3.21. The fraction of sp³-hybridized carbons (Fsp3) is 1.00. The van der Waals surface area contributed by atoms with Crippen LogP contribution in [-0.4, -0.2) is 30.6 Å². The third-order valence-electron chi connectivity index (χ3n) is 4.65. The molecule has 2 heteroatoms. The fourth-order valence-electron chi connectivity index (χ4n) is 3.22. The highest BCUT2D eigenvalue weighted by Gasteiger charge is 2.30. The Morgan fingerprint density at radius 2 is 1.94 bits per heavy atom. The first-order valence-electron chi connectivity index (χ1n) is 7.03. The summed E-state index contributed by atoms with van der Waals surface area (Å²) in [6, 6.07) is 1.33. The van der Waals surface area contributed by atoms with Gasteiger partial charge in [0.15, 0.2) is 0 Å². The Kier molecular flexibility index (Phi) is 5.77. The second kappa shape index (κ2) is 6.61. The Labute approximate surface area is 102 Å². The van der Waals surface area contributed by atoms with Gasteiger partial charge < -0.3 is 5.73 Å². The summed E-state index contributed by atoms with van der Waals surface area (Å²) in [7, 11) is 2.29. The van der Waals surface area contributed by atoms with Crippen LogP contribution < -0.4 is 5.73 Å². The zero-order valence-electron chi connectivity index (χ0n) is 11.6. The molecule has 1 aliphatic rings. The molecule has 0 aromatic rings. The Bertz CT molecular complexity index is 187. The van der Waals surface area contributed by atoms with E-state index < -0.39 is 0 Å². The van der Waals surface area contributed by atoms with Gasteiger partial charge in [0.1, 0.15) is 0 Å². The molecular weight excluding hydrogens is 196 g/mol. The molecule has 2 N–H and O–H groups in total. The van der Waals surface area contributed by atoms with Crippen molar-refractivity contribution >= 4 is 0 Å². The lowest BCUT2D eigenvalue weighted by Crippen LogP contribution is -2.50. The monoisotopic (exact) mass is 226 g/mol. The molecule has 1 aliphatic carbocycles. The van der Waals surface area contributed by atoms with E-state index in [0.29, 0.717) is 12.0 Å². The molecule has 0 bridgehead atoms. The lowest BCUT2D eigenvalue weighted by molar-refractivity contribution is 0.0733. The normalized spacial score (nSPS) is 30.4. The molecule has 0 radical (unpaired) electrons. The van der Waals surface area contributed by atoms with Gasteiger partial charge in [0, 0.05) is 18.6 Å². The molecular formula is C14H30N2. The van der Waals surface area contributed by atoms with Crippen molar-refractivity contribution in [3.8, 4) is 0 Å². The summed E-state index contributed by atoms with van der Waals surface area (Å²) in [5.74, 6) is 1.56. The van der Waals surface area contributed by atoms with Gasteiger partial charge in [0.05, 0.1) is 0 Å². The molecule has 0 saturated heterocycles. The smallest absolute Gasteiger partial charge is 0.0243 e. The van der Waals surface area contributed by atoms with Gasteiger partial charge in [-0.25, -0.2) is 0 Å². The van der Waals surface area contributed by atoms with E-state index >= 15 is 0 Å². The van der Waals surface area contributed by atoms with Crippen LogP contribution in [-0.2, 0) is 0 Å². The standard InChI is InChI=1S/C14H30N2/c1-5-11(2)14(10-15)16(4)13-9-7-6-8-12(13)3/h11-14H,5-10,15H2,1-4H3. The SMILES string of the molecule is CCC(C)C(CN)N(C)C1CCCCC1C. The highest BCUT2D eigenvalue weighted by Crippen LogP contribution is 2.29. The van der Waals surface area contributed by atoms with Gasteiger partial charge in [-0.1, -0.05) is 40.0 Å². The van der Waals surface area contributed by atoms with Crippen molar-refractivity contribution in [2.24, 2.45) is 17.6 Å². The third-order valence-corrected chi connectivity index (χ3v) is 4.65. The lowest BCUT2D eigenvalue weighted by atomic mass is 9.83. The van der Waals surface area contributed by atoms with Crippen molar-refractivity contribution in [3.05, 3.63) is 0 Å². The molecule has 0 aromatic carbocycles. The van der Waals surface area contributed by atoms with E-state index in [1.54, 1.807) is 0 Å². The van der Waals surface area contributed by atoms with Crippen LogP contribution in [0.1, 0.15) is 52.9 Å². The van der Waals surface area contributed by atoms with Crippen LogP contribution in [0, 0.1) is 11.8 Å². The predicted octanol–water partition coefficient (Wildman–Crippen LogP) is 2.87. The average molecular weight is 226 g/mol. The quantitative estimate of drug-likeness (QED) is 0.781. The van der Waals surface area contributed by atoms with Crippen LogP contribution in [0.4, 0.5) is 0 Å². The van der Waals surface area contributed by atoms with Crippen LogP contribution in [0.3, 0.4) is 0 Å². The summed E-state index contributed by atoms with van der Waals surface area (Å²) in [4.78, 5) is 2.58. The van der Waals surface area contributed by atoms with Gasteiger partial charge in [-0.15, -0.1) is 0 Å². The van der Waals surface area contributed by atoms with E-state index in [0.717, 1.165) is 18.5 Å². The minimum absolute atomic E-state index is 0.565. The van der Waals surface area contributed by atoms with E-state index in [1.165, 1.54) is 32.1 Å². The largest absolute Gasteiger partial charge is 0.329 e. The first-order chi connectivity index (χ1) is 7.61. The highest BCUT2D eigenvalue weighted by molar-refractivity contribution is 4.85. The van der Waals surface area contributed by atoms with Crippen molar-refractivity contribution in [2.75, 3.05) is 13.6 Å². The number of nitrogens with zero attached hydrogens (tertiary/aromatic N) is 1. The zero-order chi connectivity index (χ0) is 12.1. The summed E-state index contributed by atoms with van der Waals surface area (Å²) < 4.78 is 0. The molecule has 1 rings (SSSR count). The molecule has 16 heavy (non-hydrogen) atoms. The number of rotatable bonds is 5. The number of hydrogen-bond acceptors (Lipinski definition) is 2. The molecule has 1 fully saturated rings. The van der Waals surface area contributed by atoms with Crippen molar-refractivity contribution in [1.82, 2.24) is 4.90 Å². The average Bonchev–Trinajstić information content (AvgIpc) is 2.30. The fourth-order valence-corrected chi connectivity index (χ4v) is 3.22. The first-order valence-corrected chi connectivity index (χ1v) is 7.03. The minimum Gasteiger partial charge on any atom is -0.329 e. The van der Waals surface area contributed by atoms with E-state index in [2.05, 4.69) is 32.7 Å². The topological polar surface area (TPSA) is 29.3 Å². The summed E-state index contributed by atoms with van der Waals surface area (Å²) in [6.45, 7) is 7.81. The highest BCUT2D eigenvalue weighted by atomic mass is 15.2. The van der Waals surface area contributed by atoms with Crippen molar-refractivity contribution in [3.63, 3.8) is 0 Å². The van der Waals surface area contributed by atoms with Crippen LogP contribution in [0.2, 0.25) is 0 Å². The Hall–Kier alpha value is -0.0800. The molecule has 0 spiro atoms. The number of likely N-dealkylation sites (N-methyl/N-ethyl adjacent to an activating group) is 1. The predicted molar refractivity (Wildman–Crippen MR) is 71.5 cm³/mol. The van der Waals surface area contributed by atoms with Gasteiger partial charge in [-0.3, -0.25) is 4.90 Å². The summed E-state index contributed by atoms with van der Waals surface area (Å²) in [5.41, 5.74) is 5.96. The van der Waals surface area contributed by atoms with Gasteiger partial charge in [0.25, 0.3) is 0 Å². The molecule has 4 unspecified atom stereocenters. The Balaban J connectivity index is 2.61. The second-order valence-corrected chi connectivity index (χ2v) is 5.68.